The first-order valence-corrected chi connectivity index (χ1v) is 9.79. The van der Waals surface area contributed by atoms with Crippen molar-refractivity contribution in [2.45, 2.75) is 32.9 Å². The van der Waals surface area contributed by atoms with Crippen molar-refractivity contribution in [2.24, 2.45) is 0 Å². The van der Waals surface area contributed by atoms with E-state index in [0.717, 1.165) is 35.5 Å². The van der Waals surface area contributed by atoms with Gasteiger partial charge in [0.2, 0.25) is 4.77 Å². The number of benzene rings is 2. The highest BCUT2D eigenvalue weighted by atomic mass is 35.5. The highest BCUT2D eigenvalue weighted by molar-refractivity contribution is 7.71. The first kappa shape index (κ1) is 19.7. The first-order chi connectivity index (χ1) is 13.1. The minimum Gasteiger partial charge on any atom is -0.489 e. The van der Waals surface area contributed by atoms with Crippen LogP contribution in [0.15, 0.2) is 42.5 Å². The molecule has 0 radical (unpaired) electrons. The van der Waals surface area contributed by atoms with Crippen LogP contribution in [0.5, 0.6) is 5.75 Å². The van der Waals surface area contributed by atoms with E-state index < -0.39 is 0 Å². The molecule has 0 saturated carbocycles. The summed E-state index contributed by atoms with van der Waals surface area (Å²) in [6.07, 6.45) is 1.87. The van der Waals surface area contributed by atoms with E-state index in [1.54, 1.807) is 12.1 Å². The molecule has 27 heavy (non-hydrogen) atoms. The van der Waals surface area contributed by atoms with E-state index >= 15 is 0 Å². The van der Waals surface area contributed by atoms with Gasteiger partial charge in [-0.15, -0.1) is 0 Å². The van der Waals surface area contributed by atoms with E-state index in [1.165, 1.54) is 0 Å². The predicted molar refractivity (Wildman–Crippen MR) is 112 cm³/mol. The molecule has 0 fully saturated rings. The van der Waals surface area contributed by atoms with Crippen molar-refractivity contribution in [2.75, 3.05) is 5.43 Å². The van der Waals surface area contributed by atoms with Crippen LogP contribution in [-0.4, -0.2) is 14.9 Å². The van der Waals surface area contributed by atoms with Crippen LogP contribution >= 0.6 is 35.4 Å². The molecule has 2 N–H and O–H groups in total. The molecule has 2 aromatic carbocycles. The Balaban J connectivity index is 1.57. The van der Waals surface area contributed by atoms with Gasteiger partial charge in [0.05, 0.1) is 6.54 Å². The highest BCUT2D eigenvalue weighted by Crippen LogP contribution is 2.23. The molecule has 5 nitrogen and oxygen atoms in total. The fourth-order valence-electron chi connectivity index (χ4n) is 2.56. The number of aromatic nitrogens is 3. The molecule has 0 unspecified atom stereocenters. The molecule has 0 aliphatic carbocycles. The Kier molecular flexibility index (Phi) is 6.77. The number of ether oxygens (including phenoxy) is 1. The quantitative estimate of drug-likeness (QED) is 0.469. The lowest BCUT2D eigenvalue weighted by Crippen LogP contribution is -2.17. The number of hydrogen-bond acceptors (Lipinski definition) is 4. The molecule has 0 aliphatic heterocycles. The van der Waals surface area contributed by atoms with Crippen LogP contribution in [0.3, 0.4) is 0 Å². The monoisotopic (exact) mass is 422 g/mol. The van der Waals surface area contributed by atoms with E-state index in [9.17, 15) is 0 Å². The molecule has 0 aliphatic rings. The van der Waals surface area contributed by atoms with Gasteiger partial charge in [0, 0.05) is 22.0 Å². The maximum atomic E-state index is 6.17. The molecule has 1 heterocycles. The fourth-order valence-corrected chi connectivity index (χ4v) is 3.24. The molecule has 3 aromatic rings. The molecule has 0 saturated heterocycles. The molecule has 0 spiro atoms. The number of nitrogens with zero attached hydrogens (tertiary/aromatic N) is 2. The van der Waals surface area contributed by atoms with Crippen molar-refractivity contribution >= 4 is 35.4 Å². The Bertz CT molecular complexity index is 953. The van der Waals surface area contributed by atoms with Gasteiger partial charge in [-0.2, -0.15) is 5.10 Å². The third kappa shape index (κ3) is 5.25. The Morgan fingerprint density at radius 3 is 2.67 bits per heavy atom. The standard InChI is InChI=1S/C19H20Cl2N4OS/c1-2-3-18-23-24-19(27)25(18)22-11-13-4-8-16(9-5-13)26-12-14-6-7-15(20)10-17(14)21/h4-10,22H,2-3,11-12H2,1H3,(H,24,27). The van der Waals surface area contributed by atoms with Crippen LogP contribution < -0.4 is 10.2 Å². The summed E-state index contributed by atoms with van der Waals surface area (Å²) in [6, 6.07) is 13.3. The number of hydrogen-bond donors (Lipinski definition) is 2. The zero-order valence-electron chi connectivity index (χ0n) is 14.8. The van der Waals surface area contributed by atoms with E-state index in [-0.39, 0.29) is 0 Å². The van der Waals surface area contributed by atoms with Crippen molar-refractivity contribution < 1.29 is 4.74 Å². The maximum Gasteiger partial charge on any atom is 0.214 e. The van der Waals surface area contributed by atoms with E-state index in [0.29, 0.717) is 28.0 Å². The number of aromatic amines is 1. The second kappa shape index (κ2) is 9.26. The smallest absolute Gasteiger partial charge is 0.214 e. The summed E-state index contributed by atoms with van der Waals surface area (Å²) in [4.78, 5) is 0. The van der Waals surface area contributed by atoms with Crippen LogP contribution in [0.1, 0.15) is 30.3 Å². The first-order valence-electron chi connectivity index (χ1n) is 8.62. The molecular weight excluding hydrogens is 403 g/mol. The van der Waals surface area contributed by atoms with Gasteiger partial charge < -0.3 is 10.2 Å². The molecule has 0 atom stereocenters. The number of aryl methyl sites for hydroxylation is 1. The van der Waals surface area contributed by atoms with Gasteiger partial charge >= 0.3 is 0 Å². The summed E-state index contributed by atoms with van der Waals surface area (Å²) in [5.41, 5.74) is 5.30. The predicted octanol–water partition coefficient (Wildman–Crippen LogP) is 5.52. The van der Waals surface area contributed by atoms with E-state index in [1.807, 2.05) is 35.0 Å². The fraction of sp³-hybridized carbons (Fsp3) is 0.263. The van der Waals surface area contributed by atoms with Gasteiger partial charge in [-0.25, -0.2) is 4.68 Å². The maximum absolute atomic E-state index is 6.17. The van der Waals surface area contributed by atoms with Gasteiger partial charge in [-0.05, 0) is 48.5 Å². The van der Waals surface area contributed by atoms with Crippen LogP contribution in [0, 0.1) is 4.77 Å². The molecular formula is C19H20Cl2N4OS. The number of halogens is 2. The van der Waals surface area contributed by atoms with Crippen molar-refractivity contribution in [3.63, 3.8) is 0 Å². The lowest BCUT2D eigenvalue weighted by molar-refractivity contribution is 0.306. The zero-order valence-corrected chi connectivity index (χ0v) is 17.2. The Hall–Kier alpha value is -2.02. The normalized spacial score (nSPS) is 10.8. The van der Waals surface area contributed by atoms with Gasteiger partial charge in [-0.3, -0.25) is 5.10 Å². The summed E-state index contributed by atoms with van der Waals surface area (Å²) >= 11 is 17.3. The van der Waals surface area contributed by atoms with E-state index in [2.05, 4.69) is 22.5 Å². The number of H-pyrrole nitrogens is 1. The van der Waals surface area contributed by atoms with Crippen LogP contribution in [-0.2, 0) is 19.6 Å². The Morgan fingerprint density at radius 1 is 1.19 bits per heavy atom. The van der Waals surface area contributed by atoms with Crippen molar-refractivity contribution in [3.05, 3.63) is 74.2 Å². The summed E-state index contributed by atoms with van der Waals surface area (Å²) in [7, 11) is 0. The van der Waals surface area contributed by atoms with E-state index in [4.69, 9.17) is 40.2 Å². The van der Waals surface area contributed by atoms with Gasteiger partial charge in [0.25, 0.3) is 0 Å². The van der Waals surface area contributed by atoms with Crippen molar-refractivity contribution in [1.82, 2.24) is 14.9 Å². The minimum atomic E-state index is 0.387. The summed E-state index contributed by atoms with van der Waals surface area (Å²) in [6.45, 7) is 3.13. The average Bonchev–Trinajstić information content (AvgIpc) is 3.00. The SMILES string of the molecule is CCCc1n[nH]c(=S)n1NCc1ccc(OCc2ccc(Cl)cc2Cl)cc1. The van der Waals surface area contributed by atoms with Crippen molar-refractivity contribution in [1.29, 1.82) is 0 Å². The van der Waals surface area contributed by atoms with Crippen LogP contribution in [0.4, 0.5) is 0 Å². The van der Waals surface area contributed by atoms with Crippen LogP contribution in [0.2, 0.25) is 10.0 Å². The molecule has 3 rings (SSSR count). The molecule has 8 heteroatoms. The highest BCUT2D eigenvalue weighted by Gasteiger charge is 2.05. The molecule has 0 bridgehead atoms. The molecule has 1 aromatic heterocycles. The average molecular weight is 423 g/mol. The second-order valence-corrected chi connectivity index (χ2v) is 7.26. The number of nitrogens with one attached hydrogen (secondary N) is 2. The molecule has 0 amide bonds. The minimum absolute atomic E-state index is 0.387. The largest absolute Gasteiger partial charge is 0.489 e. The van der Waals surface area contributed by atoms with Gasteiger partial charge in [0.15, 0.2) is 5.82 Å². The third-order valence-electron chi connectivity index (χ3n) is 3.99. The Morgan fingerprint density at radius 2 is 1.96 bits per heavy atom. The van der Waals surface area contributed by atoms with Gasteiger partial charge in [0.1, 0.15) is 12.4 Å². The summed E-state index contributed by atoms with van der Waals surface area (Å²) in [5.74, 6) is 1.68. The number of rotatable bonds is 8. The topological polar surface area (TPSA) is 54.9 Å². The second-order valence-electron chi connectivity index (χ2n) is 6.03. The summed E-state index contributed by atoms with van der Waals surface area (Å²) in [5, 5.41) is 8.28. The zero-order chi connectivity index (χ0) is 19.2. The third-order valence-corrected chi connectivity index (χ3v) is 4.85. The van der Waals surface area contributed by atoms with Gasteiger partial charge in [-0.1, -0.05) is 48.3 Å². The summed E-state index contributed by atoms with van der Waals surface area (Å²) < 4.78 is 8.20. The van der Waals surface area contributed by atoms with Crippen molar-refractivity contribution in [3.8, 4) is 5.75 Å². The lowest BCUT2D eigenvalue weighted by atomic mass is 10.2. The molecule has 142 valence electrons. The lowest BCUT2D eigenvalue weighted by Gasteiger charge is -2.11. The Labute approximate surface area is 173 Å². The van der Waals surface area contributed by atoms with Crippen LogP contribution in [0.25, 0.3) is 0 Å².